The standard InChI is InChI=1S/C22H23NO3/c1-22(2)14-16(10-11-26-22)15-8-9-19-17(12-15)13-20(21(24)25)23(19)18-6-4-3-5-7-18/h3-9,12-13,16H,10-11,14H2,1-2H3,(H,24,25)/p-1. The molecule has 2 heterocycles. The Morgan fingerprint density at radius 1 is 1.15 bits per heavy atom. The minimum atomic E-state index is -1.17. The molecule has 1 saturated heterocycles. The van der Waals surface area contributed by atoms with E-state index in [2.05, 4.69) is 26.0 Å². The molecule has 4 heteroatoms. The molecule has 26 heavy (non-hydrogen) atoms. The molecule has 0 saturated carbocycles. The van der Waals surface area contributed by atoms with Crippen LogP contribution in [0.2, 0.25) is 0 Å². The Morgan fingerprint density at radius 2 is 1.92 bits per heavy atom. The topological polar surface area (TPSA) is 54.3 Å². The van der Waals surface area contributed by atoms with Gasteiger partial charge >= 0.3 is 0 Å². The van der Waals surface area contributed by atoms with E-state index in [1.54, 1.807) is 10.6 Å². The SMILES string of the molecule is CC1(C)CC(c2ccc3c(c2)cc(C(=O)[O-])n3-c2ccccc2)CCO1. The maximum Gasteiger partial charge on any atom is 0.0884 e. The van der Waals surface area contributed by atoms with Crippen molar-refractivity contribution in [3.63, 3.8) is 0 Å². The van der Waals surface area contributed by atoms with Crippen LogP contribution in [0.4, 0.5) is 0 Å². The molecule has 0 aliphatic carbocycles. The van der Waals surface area contributed by atoms with Gasteiger partial charge in [-0.1, -0.05) is 24.3 Å². The van der Waals surface area contributed by atoms with Crippen LogP contribution in [0, 0.1) is 0 Å². The van der Waals surface area contributed by atoms with Crippen LogP contribution in [0.1, 0.15) is 48.7 Å². The molecule has 1 fully saturated rings. The third-order valence-corrected chi connectivity index (χ3v) is 5.22. The van der Waals surface area contributed by atoms with Crippen LogP contribution in [0.25, 0.3) is 16.6 Å². The van der Waals surface area contributed by atoms with Gasteiger partial charge in [0.2, 0.25) is 0 Å². The smallest absolute Gasteiger partial charge is 0.0884 e. The van der Waals surface area contributed by atoms with Crippen LogP contribution in [0.3, 0.4) is 0 Å². The van der Waals surface area contributed by atoms with Gasteiger partial charge in [-0.2, -0.15) is 0 Å². The first-order valence-corrected chi connectivity index (χ1v) is 9.01. The summed E-state index contributed by atoms with van der Waals surface area (Å²) in [5, 5.41) is 12.6. The number of fused-ring (bicyclic) bond motifs is 1. The Bertz CT molecular complexity index is 956. The van der Waals surface area contributed by atoms with Gasteiger partial charge in [-0.3, -0.25) is 0 Å². The Morgan fingerprint density at radius 3 is 2.62 bits per heavy atom. The molecule has 1 unspecified atom stereocenters. The lowest BCUT2D eigenvalue weighted by Crippen LogP contribution is -2.32. The molecule has 0 bridgehead atoms. The first-order valence-electron chi connectivity index (χ1n) is 9.01. The van der Waals surface area contributed by atoms with Crippen molar-refractivity contribution >= 4 is 16.9 Å². The molecule has 4 rings (SSSR count). The van der Waals surface area contributed by atoms with E-state index in [1.165, 1.54) is 5.56 Å². The van der Waals surface area contributed by atoms with E-state index in [4.69, 9.17) is 4.74 Å². The summed E-state index contributed by atoms with van der Waals surface area (Å²) in [6, 6.07) is 17.5. The number of hydrogen-bond donors (Lipinski definition) is 0. The fourth-order valence-electron chi connectivity index (χ4n) is 4.01. The minimum Gasteiger partial charge on any atom is -0.543 e. The van der Waals surface area contributed by atoms with Gasteiger partial charge in [0.05, 0.1) is 22.8 Å². The fourth-order valence-corrected chi connectivity index (χ4v) is 4.01. The Kier molecular flexibility index (Phi) is 4.08. The quantitative estimate of drug-likeness (QED) is 0.726. The van der Waals surface area contributed by atoms with Crippen molar-refractivity contribution in [2.24, 2.45) is 0 Å². The van der Waals surface area contributed by atoms with Gasteiger partial charge in [0.15, 0.2) is 0 Å². The summed E-state index contributed by atoms with van der Waals surface area (Å²) in [5.41, 5.74) is 3.00. The van der Waals surface area contributed by atoms with Crippen LogP contribution >= 0.6 is 0 Å². The Balaban J connectivity index is 1.82. The van der Waals surface area contributed by atoms with Crippen molar-refractivity contribution in [3.05, 3.63) is 65.9 Å². The van der Waals surface area contributed by atoms with Crippen LogP contribution in [-0.4, -0.2) is 22.7 Å². The van der Waals surface area contributed by atoms with Crippen molar-refractivity contribution in [2.75, 3.05) is 6.61 Å². The highest BCUT2D eigenvalue weighted by molar-refractivity contribution is 5.95. The van der Waals surface area contributed by atoms with Crippen LogP contribution in [0.15, 0.2) is 54.6 Å². The van der Waals surface area contributed by atoms with Crippen LogP contribution in [-0.2, 0) is 4.74 Å². The summed E-state index contributed by atoms with van der Waals surface area (Å²) in [6.45, 7) is 5.00. The van der Waals surface area contributed by atoms with E-state index in [-0.39, 0.29) is 11.3 Å². The summed E-state index contributed by atoms with van der Waals surface area (Å²) in [7, 11) is 0. The van der Waals surface area contributed by atoms with Crippen LogP contribution in [0.5, 0.6) is 0 Å². The number of carboxylic acids is 1. The van der Waals surface area contributed by atoms with E-state index in [9.17, 15) is 9.90 Å². The van der Waals surface area contributed by atoms with Crippen LogP contribution < -0.4 is 5.11 Å². The lowest BCUT2D eigenvalue weighted by molar-refractivity contribution is -0.255. The number of carbonyl (C=O) groups excluding carboxylic acids is 1. The summed E-state index contributed by atoms with van der Waals surface area (Å²) in [4.78, 5) is 11.7. The van der Waals surface area contributed by atoms with Crippen molar-refractivity contribution in [1.82, 2.24) is 4.57 Å². The van der Waals surface area contributed by atoms with E-state index in [0.717, 1.165) is 36.0 Å². The molecule has 3 aromatic rings. The molecule has 4 nitrogen and oxygen atoms in total. The first kappa shape index (κ1) is 16.9. The predicted octanol–water partition coefficient (Wildman–Crippen LogP) is 3.67. The molecular weight excluding hydrogens is 326 g/mol. The molecule has 0 amide bonds. The van der Waals surface area contributed by atoms with Crippen molar-refractivity contribution < 1.29 is 14.6 Å². The Labute approximate surface area is 153 Å². The number of benzene rings is 2. The number of para-hydroxylation sites is 1. The molecule has 134 valence electrons. The molecule has 2 aromatic carbocycles. The van der Waals surface area contributed by atoms with Crippen molar-refractivity contribution in [3.8, 4) is 5.69 Å². The Hall–Kier alpha value is -2.59. The molecular formula is C22H22NO3-. The number of carbonyl (C=O) groups is 1. The van der Waals surface area contributed by atoms with Gasteiger partial charge in [-0.05, 0) is 68.5 Å². The normalized spacial score (nSPS) is 19.5. The number of ether oxygens (including phenoxy) is 1. The van der Waals surface area contributed by atoms with Crippen molar-refractivity contribution in [2.45, 2.75) is 38.2 Å². The van der Waals surface area contributed by atoms with Gasteiger partial charge < -0.3 is 19.2 Å². The average Bonchev–Trinajstić information content (AvgIpc) is 3.00. The third kappa shape index (κ3) is 3.01. The maximum atomic E-state index is 11.7. The van der Waals surface area contributed by atoms with E-state index in [1.807, 2.05) is 36.4 Å². The zero-order valence-electron chi connectivity index (χ0n) is 15.1. The molecule has 0 radical (unpaired) electrons. The van der Waals surface area contributed by atoms with Gasteiger partial charge in [-0.15, -0.1) is 0 Å². The summed E-state index contributed by atoms with van der Waals surface area (Å²) >= 11 is 0. The number of hydrogen-bond acceptors (Lipinski definition) is 3. The van der Waals surface area contributed by atoms with Gasteiger partial charge in [-0.25, -0.2) is 0 Å². The number of rotatable bonds is 3. The molecule has 0 N–H and O–H groups in total. The number of aromatic nitrogens is 1. The largest absolute Gasteiger partial charge is 0.543 e. The summed E-state index contributed by atoms with van der Waals surface area (Å²) in [6.07, 6.45) is 1.95. The molecule has 1 aromatic heterocycles. The molecule has 1 aliphatic rings. The molecule has 0 spiro atoms. The second-order valence-electron chi connectivity index (χ2n) is 7.60. The number of aromatic carboxylic acids is 1. The van der Waals surface area contributed by atoms with E-state index < -0.39 is 5.97 Å². The first-order chi connectivity index (χ1) is 12.4. The van der Waals surface area contributed by atoms with E-state index >= 15 is 0 Å². The van der Waals surface area contributed by atoms with E-state index in [0.29, 0.717) is 5.92 Å². The second kappa shape index (κ2) is 6.29. The zero-order chi connectivity index (χ0) is 18.3. The third-order valence-electron chi connectivity index (χ3n) is 5.22. The predicted molar refractivity (Wildman–Crippen MR) is 99.6 cm³/mol. The second-order valence-corrected chi connectivity index (χ2v) is 7.60. The fraction of sp³-hybridized carbons (Fsp3) is 0.318. The monoisotopic (exact) mass is 348 g/mol. The highest BCUT2D eigenvalue weighted by atomic mass is 16.5. The highest BCUT2D eigenvalue weighted by Gasteiger charge is 2.29. The lowest BCUT2D eigenvalue weighted by Gasteiger charge is -2.35. The number of nitrogens with zero attached hydrogens (tertiary/aromatic N) is 1. The lowest BCUT2D eigenvalue weighted by atomic mass is 9.83. The maximum absolute atomic E-state index is 11.7. The zero-order valence-corrected chi connectivity index (χ0v) is 15.1. The van der Waals surface area contributed by atoms with Gasteiger partial charge in [0, 0.05) is 17.7 Å². The summed E-state index contributed by atoms with van der Waals surface area (Å²) in [5.74, 6) is -0.742. The van der Waals surface area contributed by atoms with Gasteiger partial charge in [0.1, 0.15) is 0 Å². The summed E-state index contributed by atoms with van der Waals surface area (Å²) < 4.78 is 7.58. The highest BCUT2D eigenvalue weighted by Crippen LogP contribution is 2.37. The minimum absolute atomic E-state index is 0.121. The van der Waals surface area contributed by atoms with Gasteiger partial charge in [0.25, 0.3) is 0 Å². The molecule has 1 aliphatic heterocycles. The molecule has 1 atom stereocenters. The number of carboxylic acid groups (broad SMARTS) is 1. The average molecular weight is 348 g/mol. The van der Waals surface area contributed by atoms with Crippen molar-refractivity contribution in [1.29, 1.82) is 0 Å².